The lowest BCUT2D eigenvalue weighted by molar-refractivity contribution is 0.239. The number of piperidine rings is 1. The van der Waals surface area contributed by atoms with Crippen LogP contribution in [0.25, 0.3) is 28.2 Å². The molecule has 1 N–H and O–H groups in total. The second-order valence-electron chi connectivity index (χ2n) is 8.97. The number of nitrogens with one attached hydrogen (secondary N) is 1. The number of benzene rings is 1. The second kappa shape index (κ2) is 7.67. The Morgan fingerprint density at radius 2 is 1.78 bits per heavy atom. The molecule has 4 aromatic rings. The van der Waals surface area contributed by atoms with Gasteiger partial charge in [-0.15, -0.1) is 5.10 Å². The van der Waals surface area contributed by atoms with Crippen LogP contribution in [0.4, 0.5) is 10.2 Å². The highest BCUT2D eigenvalue weighted by Crippen LogP contribution is 2.38. The lowest BCUT2D eigenvalue weighted by atomic mass is 9.80. The zero-order valence-electron chi connectivity index (χ0n) is 17.8. The van der Waals surface area contributed by atoms with Gasteiger partial charge in [0.05, 0.1) is 5.69 Å². The minimum atomic E-state index is -0.261. The van der Waals surface area contributed by atoms with Crippen LogP contribution < -0.4 is 10.2 Å². The molecule has 7 heteroatoms. The highest BCUT2D eigenvalue weighted by atomic mass is 19.1. The summed E-state index contributed by atoms with van der Waals surface area (Å²) in [5, 5.41) is 8.62. The van der Waals surface area contributed by atoms with E-state index in [1.165, 1.54) is 31.4 Å². The number of hydrogen-bond donors (Lipinski definition) is 1. The van der Waals surface area contributed by atoms with Crippen molar-refractivity contribution in [2.75, 3.05) is 31.1 Å². The molecular formula is C25H25FN6. The molecule has 2 fully saturated rings. The third-order valence-corrected chi connectivity index (χ3v) is 6.86. The van der Waals surface area contributed by atoms with E-state index in [1.54, 1.807) is 24.5 Å². The largest absolute Gasteiger partial charge is 0.355 e. The van der Waals surface area contributed by atoms with Crippen LogP contribution in [0.1, 0.15) is 19.3 Å². The summed E-state index contributed by atoms with van der Waals surface area (Å²) in [6.07, 6.45) is 7.26. The third kappa shape index (κ3) is 3.33. The molecule has 2 saturated heterocycles. The van der Waals surface area contributed by atoms with Crippen LogP contribution in [0.2, 0.25) is 0 Å². The van der Waals surface area contributed by atoms with Crippen LogP contribution in [0.3, 0.4) is 0 Å². The summed E-state index contributed by atoms with van der Waals surface area (Å²) in [7, 11) is 0. The van der Waals surface area contributed by atoms with Crippen LogP contribution in [-0.4, -0.2) is 45.8 Å². The summed E-state index contributed by atoms with van der Waals surface area (Å²) < 4.78 is 15.5. The fraction of sp³-hybridized carbons (Fsp3) is 0.320. The predicted octanol–water partition coefficient (Wildman–Crippen LogP) is 4.18. The summed E-state index contributed by atoms with van der Waals surface area (Å²) in [6.45, 7) is 4.27. The lowest BCUT2D eigenvalue weighted by Crippen LogP contribution is -2.42. The van der Waals surface area contributed by atoms with Gasteiger partial charge in [-0.05, 0) is 74.3 Å². The van der Waals surface area contributed by atoms with E-state index in [2.05, 4.69) is 21.3 Å². The number of anilines is 1. The number of pyridine rings is 1. The number of halogens is 1. The maximum absolute atomic E-state index is 13.6. The number of aromatic nitrogens is 4. The second-order valence-corrected chi connectivity index (χ2v) is 8.97. The van der Waals surface area contributed by atoms with Crippen molar-refractivity contribution in [1.29, 1.82) is 0 Å². The van der Waals surface area contributed by atoms with Gasteiger partial charge in [0.15, 0.2) is 5.65 Å². The molecular weight excluding hydrogens is 403 g/mol. The molecule has 1 atom stereocenters. The topological polar surface area (TPSA) is 58.4 Å². The van der Waals surface area contributed by atoms with Crippen molar-refractivity contribution in [2.24, 2.45) is 5.41 Å². The standard InChI is InChI=1S/C25H25FN6/c26-20-4-2-18(3-5-20)23-24(19-8-13-27-14-9-19)32-21(29-23)6-7-22(30-32)31-15-11-25(17-31)10-1-12-28-16-25/h2-9,13-14,28H,1,10-12,15-17H2. The number of hydrogen-bond acceptors (Lipinski definition) is 5. The zero-order valence-corrected chi connectivity index (χ0v) is 17.8. The number of imidazole rings is 1. The first-order valence-corrected chi connectivity index (χ1v) is 11.2. The van der Waals surface area contributed by atoms with E-state index < -0.39 is 0 Å². The average Bonchev–Trinajstić information content (AvgIpc) is 3.42. The molecule has 0 aliphatic carbocycles. The van der Waals surface area contributed by atoms with Gasteiger partial charge < -0.3 is 10.2 Å². The van der Waals surface area contributed by atoms with Gasteiger partial charge in [0.1, 0.15) is 17.3 Å². The summed E-state index contributed by atoms with van der Waals surface area (Å²) >= 11 is 0. The normalized spacial score (nSPS) is 21.0. The summed E-state index contributed by atoms with van der Waals surface area (Å²) in [5.41, 5.74) is 4.65. The van der Waals surface area contributed by atoms with Crippen molar-refractivity contribution in [3.8, 4) is 22.5 Å². The molecule has 0 bridgehead atoms. The van der Waals surface area contributed by atoms with E-state index in [1.807, 2.05) is 22.7 Å². The lowest BCUT2D eigenvalue weighted by Gasteiger charge is -2.33. The molecule has 5 heterocycles. The van der Waals surface area contributed by atoms with Crippen molar-refractivity contribution in [3.05, 3.63) is 66.7 Å². The minimum absolute atomic E-state index is 0.261. The Balaban J connectivity index is 1.45. The van der Waals surface area contributed by atoms with Crippen LogP contribution in [0, 0.1) is 11.2 Å². The molecule has 0 amide bonds. The van der Waals surface area contributed by atoms with Crippen molar-refractivity contribution in [1.82, 2.24) is 24.9 Å². The maximum atomic E-state index is 13.6. The van der Waals surface area contributed by atoms with Crippen LogP contribution in [0.5, 0.6) is 0 Å². The highest BCUT2D eigenvalue weighted by molar-refractivity contribution is 5.81. The Morgan fingerprint density at radius 3 is 2.56 bits per heavy atom. The van der Waals surface area contributed by atoms with E-state index in [4.69, 9.17) is 10.1 Å². The van der Waals surface area contributed by atoms with Crippen LogP contribution in [0.15, 0.2) is 60.9 Å². The van der Waals surface area contributed by atoms with Gasteiger partial charge in [-0.2, -0.15) is 0 Å². The SMILES string of the molecule is Fc1ccc(-c2nc3ccc(N4CCC5(CCCNC5)C4)nn3c2-c2ccncc2)cc1. The van der Waals surface area contributed by atoms with Gasteiger partial charge in [0.25, 0.3) is 0 Å². The molecule has 6 nitrogen and oxygen atoms in total. The van der Waals surface area contributed by atoms with Gasteiger partial charge in [0, 0.05) is 48.6 Å². The zero-order chi connectivity index (χ0) is 21.5. The van der Waals surface area contributed by atoms with Gasteiger partial charge in [-0.25, -0.2) is 13.9 Å². The van der Waals surface area contributed by atoms with Gasteiger partial charge in [-0.3, -0.25) is 4.98 Å². The molecule has 1 aromatic carbocycles. The smallest absolute Gasteiger partial charge is 0.155 e. The summed E-state index contributed by atoms with van der Waals surface area (Å²) in [6, 6.07) is 14.5. The van der Waals surface area contributed by atoms with Crippen molar-refractivity contribution in [3.63, 3.8) is 0 Å². The molecule has 0 radical (unpaired) electrons. The monoisotopic (exact) mass is 428 g/mol. The van der Waals surface area contributed by atoms with E-state index >= 15 is 0 Å². The van der Waals surface area contributed by atoms with Crippen molar-refractivity contribution in [2.45, 2.75) is 19.3 Å². The molecule has 6 rings (SSSR count). The Bertz CT molecular complexity index is 1240. The highest BCUT2D eigenvalue weighted by Gasteiger charge is 2.39. The van der Waals surface area contributed by atoms with Gasteiger partial charge in [0.2, 0.25) is 0 Å². The summed E-state index contributed by atoms with van der Waals surface area (Å²) in [5.74, 6) is 0.710. The van der Waals surface area contributed by atoms with Gasteiger partial charge in [-0.1, -0.05) is 0 Å². The number of rotatable bonds is 3. The molecule has 1 unspecified atom stereocenters. The minimum Gasteiger partial charge on any atom is -0.355 e. The van der Waals surface area contributed by atoms with E-state index in [9.17, 15) is 4.39 Å². The molecule has 2 aliphatic heterocycles. The number of nitrogens with zero attached hydrogens (tertiary/aromatic N) is 5. The Hall–Kier alpha value is -3.32. The fourth-order valence-corrected chi connectivity index (χ4v) is 5.18. The Labute approximate surface area is 186 Å². The predicted molar refractivity (Wildman–Crippen MR) is 123 cm³/mol. The quantitative estimate of drug-likeness (QED) is 0.531. The first-order valence-electron chi connectivity index (χ1n) is 11.2. The molecule has 1 spiro atoms. The molecule has 32 heavy (non-hydrogen) atoms. The Kier molecular flexibility index (Phi) is 4.64. The first kappa shape index (κ1) is 19.4. The molecule has 0 saturated carbocycles. The van der Waals surface area contributed by atoms with Crippen LogP contribution in [-0.2, 0) is 0 Å². The Morgan fingerprint density at radius 1 is 0.938 bits per heavy atom. The molecule has 162 valence electrons. The molecule has 3 aromatic heterocycles. The van der Waals surface area contributed by atoms with Crippen LogP contribution >= 0.6 is 0 Å². The third-order valence-electron chi connectivity index (χ3n) is 6.86. The van der Waals surface area contributed by atoms with E-state index in [0.717, 1.165) is 60.2 Å². The fourth-order valence-electron chi connectivity index (χ4n) is 5.18. The first-order chi connectivity index (χ1) is 15.7. The summed E-state index contributed by atoms with van der Waals surface area (Å²) in [4.78, 5) is 11.4. The van der Waals surface area contributed by atoms with Crippen molar-refractivity contribution >= 4 is 11.5 Å². The van der Waals surface area contributed by atoms with E-state index in [0.29, 0.717) is 5.41 Å². The molecule has 2 aliphatic rings. The van der Waals surface area contributed by atoms with E-state index in [-0.39, 0.29) is 5.82 Å². The number of fused-ring (bicyclic) bond motifs is 1. The maximum Gasteiger partial charge on any atom is 0.155 e. The average molecular weight is 429 g/mol. The van der Waals surface area contributed by atoms with Gasteiger partial charge >= 0.3 is 0 Å². The van der Waals surface area contributed by atoms with Crippen molar-refractivity contribution < 1.29 is 4.39 Å².